The Morgan fingerprint density at radius 3 is 1.67 bits per heavy atom. The van der Waals surface area contributed by atoms with Gasteiger partial charge in [-0.25, -0.2) is 19.2 Å². The van der Waals surface area contributed by atoms with Gasteiger partial charge in [-0.15, -0.1) is 0 Å². The van der Waals surface area contributed by atoms with Crippen LogP contribution in [0.5, 0.6) is 0 Å². The van der Waals surface area contributed by atoms with Crippen molar-refractivity contribution >= 4 is 23.9 Å². The van der Waals surface area contributed by atoms with Crippen molar-refractivity contribution in [3.05, 3.63) is 23.8 Å². The molecule has 0 rings (SSSR count). The first-order valence-electron chi connectivity index (χ1n) is 4.34. The van der Waals surface area contributed by atoms with Gasteiger partial charge in [-0.1, -0.05) is 0 Å². The third kappa shape index (κ3) is 13.4. The van der Waals surface area contributed by atoms with Crippen molar-refractivity contribution in [2.75, 3.05) is 7.11 Å². The molecular formula is C10H12O8. The van der Waals surface area contributed by atoms with Crippen molar-refractivity contribution in [1.82, 2.24) is 0 Å². The smallest absolute Gasteiger partial charge is 0.331 e. The standard InChI is InChI=1S/2C5H6O4/c1-9-5(8)3-2-4(6)7;1-3(5(8)9)2-4(6)7/h2-3H,1H3,(H,6,7);2H,1H3,(H,6,7)(H,8,9)/b2*3-2+. The lowest BCUT2D eigenvalue weighted by Gasteiger charge is -1.86. The number of ether oxygens (including phenoxy) is 1. The topological polar surface area (TPSA) is 138 Å². The normalized spacial score (nSPS) is 10.2. The molecule has 0 saturated heterocycles. The molecule has 0 amide bonds. The number of carboxylic acid groups (broad SMARTS) is 3. The van der Waals surface area contributed by atoms with E-state index in [2.05, 4.69) is 4.74 Å². The number of methoxy groups -OCH3 is 1. The van der Waals surface area contributed by atoms with Crippen LogP contribution in [0.15, 0.2) is 23.8 Å². The third-order valence-electron chi connectivity index (χ3n) is 1.24. The van der Waals surface area contributed by atoms with Gasteiger partial charge in [-0.2, -0.15) is 0 Å². The van der Waals surface area contributed by atoms with Crippen molar-refractivity contribution < 1.29 is 39.2 Å². The quantitative estimate of drug-likeness (QED) is 0.470. The molecule has 0 bridgehead atoms. The first kappa shape index (κ1) is 17.7. The minimum absolute atomic E-state index is 0.178. The zero-order chi connectivity index (χ0) is 14.7. The Bertz CT molecular complexity index is 389. The average molecular weight is 260 g/mol. The predicted octanol–water partition coefficient (Wildman–Crippen LogP) is -0.0979. The van der Waals surface area contributed by atoms with E-state index in [1.54, 1.807) is 0 Å². The zero-order valence-electron chi connectivity index (χ0n) is 9.61. The summed E-state index contributed by atoms with van der Waals surface area (Å²) in [4.78, 5) is 39.5. The van der Waals surface area contributed by atoms with Crippen LogP contribution < -0.4 is 0 Å². The number of carbonyl (C=O) groups excluding carboxylic acids is 1. The molecule has 0 aliphatic carbocycles. The van der Waals surface area contributed by atoms with Crippen molar-refractivity contribution in [2.45, 2.75) is 6.92 Å². The van der Waals surface area contributed by atoms with Crippen LogP contribution in [0.3, 0.4) is 0 Å². The molecule has 0 atom stereocenters. The highest BCUT2D eigenvalue weighted by Gasteiger charge is 2.00. The van der Waals surface area contributed by atoms with Gasteiger partial charge in [0.1, 0.15) is 0 Å². The third-order valence-corrected chi connectivity index (χ3v) is 1.24. The van der Waals surface area contributed by atoms with Gasteiger partial charge in [0.05, 0.1) is 7.11 Å². The molecule has 0 aromatic heterocycles. The molecule has 0 radical (unpaired) electrons. The molecule has 0 aromatic rings. The maximum Gasteiger partial charge on any atom is 0.331 e. The highest BCUT2D eigenvalue weighted by Crippen LogP contribution is 1.89. The lowest BCUT2D eigenvalue weighted by atomic mass is 10.3. The van der Waals surface area contributed by atoms with Crippen molar-refractivity contribution in [2.24, 2.45) is 0 Å². The van der Waals surface area contributed by atoms with Crippen molar-refractivity contribution in [3.63, 3.8) is 0 Å². The Kier molecular flexibility index (Phi) is 9.44. The molecule has 8 nitrogen and oxygen atoms in total. The number of carboxylic acids is 3. The molecule has 0 aromatic carbocycles. The predicted molar refractivity (Wildman–Crippen MR) is 57.8 cm³/mol. The van der Waals surface area contributed by atoms with Crippen molar-refractivity contribution in [3.8, 4) is 0 Å². The minimum atomic E-state index is -1.24. The highest BCUT2D eigenvalue weighted by atomic mass is 16.5. The fraction of sp³-hybridized carbons (Fsp3) is 0.200. The molecule has 100 valence electrons. The van der Waals surface area contributed by atoms with Gasteiger partial charge in [0.25, 0.3) is 0 Å². The van der Waals surface area contributed by atoms with E-state index < -0.39 is 23.9 Å². The Morgan fingerprint density at radius 1 is 0.944 bits per heavy atom. The fourth-order valence-corrected chi connectivity index (χ4v) is 0.454. The maximum atomic E-state index is 10.1. The van der Waals surface area contributed by atoms with E-state index in [0.717, 1.165) is 6.08 Å². The lowest BCUT2D eigenvalue weighted by molar-refractivity contribution is -0.136. The van der Waals surface area contributed by atoms with E-state index >= 15 is 0 Å². The lowest BCUT2D eigenvalue weighted by Crippen LogP contribution is -1.99. The van der Waals surface area contributed by atoms with E-state index in [9.17, 15) is 19.2 Å². The summed E-state index contributed by atoms with van der Waals surface area (Å²) in [7, 11) is 1.18. The number of hydrogen-bond acceptors (Lipinski definition) is 5. The Balaban J connectivity index is 0. The van der Waals surface area contributed by atoms with E-state index in [0.29, 0.717) is 12.2 Å². The summed E-state index contributed by atoms with van der Waals surface area (Å²) in [6.45, 7) is 1.22. The molecule has 0 heterocycles. The Labute approximate surface area is 102 Å². The fourth-order valence-electron chi connectivity index (χ4n) is 0.454. The second-order valence-electron chi connectivity index (χ2n) is 2.67. The summed E-state index contributed by atoms with van der Waals surface area (Å²) in [5, 5.41) is 24.1. The second-order valence-corrected chi connectivity index (χ2v) is 2.67. The van der Waals surface area contributed by atoms with Gasteiger partial charge >= 0.3 is 23.9 Å². The summed E-state index contributed by atoms with van der Waals surface area (Å²) in [6, 6.07) is 0. The van der Waals surface area contributed by atoms with E-state index in [1.165, 1.54) is 14.0 Å². The molecule has 0 aliphatic heterocycles. The Hall–Kier alpha value is -2.64. The first-order chi connectivity index (χ1) is 8.20. The summed E-state index contributed by atoms with van der Waals surface area (Å²) in [5.74, 6) is -4.29. The van der Waals surface area contributed by atoms with Crippen LogP contribution in [0.1, 0.15) is 6.92 Å². The minimum Gasteiger partial charge on any atom is -0.478 e. The SMILES string of the molecule is C/C(=C\C(=O)O)C(=O)O.COC(=O)/C=C/C(=O)O. The number of hydrogen-bond donors (Lipinski definition) is 3. The molecule has 0 fully saturated rings. The van der Waals surface area contributed by atoms with E-state index in [-0.39, 0.29) is 5.57 Å². The highest BCUT2D eigenvalue weighted by molar-refractivity contribution is 5.94. The summed E-state index contributed by atoms with van der Waals surface area (Å²) < 4.78 is 4.11. The zero-order valence-corrected chi connectivity index (χ0v) is 9.61. The van der Waals surface area contributed by atoms with Crippen LogP contribution in [0.4, 0.5) is 0 Å². The van der Waals surface area contributed by atoms with Crippen molar-refractivity contribution in [1.29, 1.82) is 0 Å². The van der Waals surface area contributed by atoms with Gasteiger partial charge in [0.2, 0.25) is 0 Å². The number of esters is 1. The van der Waals surface area contributed by atoms with Crippen LogP contribution >= 0.6 is 0 Å². The molecule has 0 aliphatic rings. The summed E-state index contributed by atoms with van der Waals surface area (Å²) in [6.07, 6.45) is 2.19. The van der Waals surface area contributed by atoms with Crippen LogP contribution in [0.2, 0.25) is 0 Å². The van der Waals surface area contributed by atoms with Crippen LogP contribution in [-0.2, 0) is 23.9 Å². The van der Waals surface area contributed by atoms with Gasteiger partial charge < -0.3 is 20.1 Å². The van der Waals surface area contributed by atoms with Gasteiger partial charge in [0.15, 0.2) is 0 Å². The number of rotatable bonds is 4. The summed E-state index contributed by atoms with van der Waals surface area (Å²) in [5.41, 5.74) is -0.178. The van der Waals surface area contributed by atoms with E-state index in [1.807, 2.05) is 0 Å². The maximum absolute atomic E-state index is 10.1. The Morgan fingerprint density at radius 2 is 1.44 bits per heavy atom. The van der Waals surface area contributed by atoms with Gasteiger partial charge in [-0.05, 0) is 6.92 Å². The monoisotopic (exact) mass is 260 g/mol. The molecule has 0 unspecified atom stereocenters. The molecule has 0 saturated carbocycles. The van der Waals surface area contributed by atoms with Crippen LogP contribution in [0.25, 0.3) is 0 Å². The molecule has 0 spiro atoms. The molecule has 3 N–H and O–H groups in total. The van der Waals surface area contributed by atoms with E-state index in [4.69, 9.17) is 15.3 Å². The second kappa shape index (κ2) is 9.58. The largest absolute Gasteiger partial charge is 0.478 e. The van der Waals surface area contributed by atoms with Gasteiger partial charge in [0, 0.05) is 23.8 Å². The van der Waals surface area contributed by atoms with Crippen LogP contribution in [0, 0.1) is 0 Å². The number of aliphatic carboxylic acids is 3. The average Bonchev–Trinajstić information content (AvgIpc) is 2.25. The number of carbonyl (C=O) groups is 4. The first-order valence-corrected chi connectivity index (χ1v) is 4.34. The molecule has 8 heteroatoms. The summed E-state index contributed by atoms with van der Waals surface area (Å²) >= 11 is 0. The van der Waals surface area contributed by atoms with Gasteiger partial charge in [-0.3, -0.25) is 0 Å². The molecule has 18 heavy (non-hydrogen) atoms. The van der Waals surface area contributed by atoms with Crippen LogP contribution in [-0.4, -0.2) is 46.3 Å². The molecular weight excluding hydrogens is 248 g/mol.